The van der Waals surface area contributed by atoms with Gasteiger partial charge in [0.2, 0.25) is 10.0 Å². The maximum absolute atomic E-state index is 12.1. The fraction of sp³-hybridized carbons (Fsp3) is 0.600. The third-order valence-corrected chi connectivity index (χ3v) is 6.37. The SMILES string of the molecule is Nc1cccc(SCCS(=O)(=O)NC2CCCCCC2)c1. The molecule has 4 nitrogen and oxygen atoms in total. The molecule has 1 aromatic carbocycles. The Kier molecular flexibility index (Phi) is 6.39. The monoisotopic (exact) mass is 328 g/mol. The molecule has 0 spiro atoms. The molecule has 1 saturated carbocycles. The summed E-state index contributed by atoms with van der Waals surface area (Å²) in [4.78, 5) is 1.01. The Balaban J connectivity index is 1.78. The van der Waals surface area contributed by atoms with E-state index in [0.29, 0.717) is 11.4 Å². The summed E-state index contributed by atoms with van der Waals surface area (Å²) < 4.78 is 27.1. The number of hydrogen-bond donors (Lipinski definition) is 2. The minimum Gasteiger partial charge on any atom is -0.399 e. The van der Waals surface area contributed by atoms with Gasteiger partial charge in [0.1, 0.15) is 0 Å². The van der Waals surface area contributed by atoms with Crippen molar-refractivity contribution in [3.05, 3.63) is 24.3 Å². The molecule has 0 unspecified atom stereocenters. The quantitative estimate of drug-likeness (QED) is 0.478. The first-order valence-electron chi connectivity index (χ1n) is 7.53. The zero-order valence-electron chi connectivity index (χ0n) is 12.3. The highest BCUT2D eigenvalue weighted by molar-refractivity contribution is 8.00. The van der Waals surface area contributed by atoms with Crippen LogP contribution in [0.15, 0.2) is 29.2 Å². The second-order valence-corrected chi connectivity index (χ2v) is 8.59. The Bertz CT molecular complexity index is 538. The van der Waals surface area contributed by atoms with Crippen molar-refractivity contribution >= 4 is 27.5 Å². The average Bonchev–Trinajstić information content (AvgIpc) is 2.66. The van der Waals surface area contributed by atoms with Crippen LogP contribution in [-0.2, 0) is 10.0 Å². The maximum Gasteiger partial charge on any atom is 0.212 e. The van der Waals surface area contributed by atoms with Crippen LogP contribution in [0.1, 0.15) is 38.5 Å². The van der Waals surface area contributed by atoms with E-state index < -0.39 is 10.0 Å². The van der Waals surface area contributed by atoms with E-state index in [-0.39, 0.29) is 11.8 Å². The molecule has 1 aliphatic rings. The Morgan fingerprint density at radius 1 is 1.19 bits per heavy atom. The molecule has 0 radical (unpaired) electrons. The van der Waals surface area contributed by atoms with E-state index >= 15 is 0 Å². The van der Waals surface area contributed by atoms with Crippen LogP contribution in [-0.4, -0.2) is 26.0 Å². The minimum atomic E-state index is -3.18. The summed E-state index contributed by atoms with van der Waals surface area (Å²) in [5, 5.41) is 0. The number of nitrogens with one attached hydrogen (secondary N) is 1. The highest BCUT2D eigenvalue weighted by atomic mass is 32.2. The number of sulfonamides is 1. The Labute approximate surface area is 131 Å². The number of benzene rings is 1. The van der Waals surface area contributed by atoms with E-state index in [1.165, 1.54) is 24.6 Å². The van der Waals surface area contributed by atoms with Crippen LogP contribution in [0, 0.1) is 0 Å². The molecule has 118 valence electrons. The van der Waals surface area contributed by atoms with Gasteiger partial charge < -0.3 is 5.73 Å². The van der Waals surface area contributed by atoms with Gasteiger partial charge in [-0.2, -0.15) is 0 Å². The standard InChI is InChI=1S/C15H24N2O2S2/c16-13-6-5-9-15(12-13)20-10-11-21(18,19)17-14-7-3-1-2-4-8-14/h5-6,9,12,14,17H,1-4,7-8,10-11,16H2. The lowest BCUT2D eigenvalue weighted by molar-refractivity contribution is 0.511. The molecule has 0 aromatic heterocycles. The average molecular weight is 329 g/mol. The predicted octanol–water partition coefficient (Wildman–Crippen LogP) is 3.00. The number of rotatable bonds is 6. The van der Waals surface area contributed by atoms with Gasteiger partial charge in [-0.1, -0.05) is 31.7 Å². The zero-order chi connectivity index (χ0) is 15.1. The van der Waals surface area contributed by atoms with Gasteiger partial charge in [0.05, 0.1) is 5.75 Å². The zero-order valence-corrected chi connectivity index (χ0v) is 13.9. The smallest absolute Gasteiger partial charge is 0.212 e. The first-order valence-corrected chi connectivity index (χ1v) is 10.2. The number of nitrogen functional groups attached to an aromatic ring is 1. The van der Waals surface area contributed by atoms with Gasteiger partial charge in [-0.05, 0) is 31.0 Å². The summed E-state index contributed by atoms with van der Waals surface area (Å²) in [6, 6.07) is 7.67. The maximum atomic E-state index is 12.1. The van der Waals surface area contributed by atoms with Crippen molar-refractivity contribution in [3.8, 4) is 0 Å². The van der Waals surface area contributed by atoms with Gasteiger partial charge >= 0.3 is 0 Å². The van der Waals surface area contributed by atoms with E-state index in [2.05, 4.69) is 4.72 Å². The molecule has 1 aliphatic carbocycles. The van der Waals surface area contributed by atoms with Gasteiger partial charge in [-0.15, -0.1) is 11.8 Å². The second-order valence-electron chi connectivity index (χ2n) is 5.55. The molecule has 0 amide bonds. The molecule has 0 heterocycles. The van der Waals surface area contributed by atoms with E-state index in [9.17, 15) is 8.42 Å². The van der Waals surface area contributed by atoms with E-state index in [1.54, 1.807) is 0 Å². The molecule has 0 bridgehead atoms. The Morgan fingerprint density at radius 3 is 2.57 bits per heavy atom. The van der Waals surface area contributed by atoms with Crippen molar-refractivity contribution < 1.29 is 8.42 Å². The fourth-order valence-electron chi connectivity index (χ4n) is 2.58. The van der Waals surface area contributed by atoms with E-state index in [4.69, 9.17) is 5.73 Å². The predicted molar refractivity (Wildman–Crippen MR) is 90.0 cm³/mol. The second kappa shape index (κ2) is 8.06. The Morgan fingerprint density at radius 2 is 1.90 bits per heavy atom. The largest absolute Gasteiger partial charge is 0.399 e. The fourth-order valence-corrected chi connectivity index (χ4v) is 5.29. The van der Waals surface area contributed by atoms with Gasteiger partial charge in [-0.3, -0.25) is 0 Å². The first kappa shape index (κ1) is 16.6. The minimum absolute atomic E-state index is 0.134. The van der Waals surface area contributed by atoms with Crippen LogP contribution in [0.4, 0.5) is 5.69 Å². The van der Waals surface area contributed by atoms with Crippen molar-refractivity contribution in [3.63, 3.8) is 0 Å². The van der Waals surface area contributed by atoms with Gasteiger partial charge in [0.25, 0.3) is 0 Å². The van der Waals surface area contributed by atoms with Crippen LogP contribution < -0.4 is 10.5 Å². The summed E-state index contributed by atoms with van der Waals surface area (Å²) in [5.41, 5.74) is 6.42. The molecule has 0 atom stereocenters. The summed E-state index contributed by atoms with van der Waals surface area (Å²) in [6.07, 6.45) is 6.66. The highest BCUT2D eigenvalue weighted by Crippen LogP contribution is 2.21. The van der Waals surface area contributed by atoms with Crippen LogP contribution in [0.25, 0.3) is 0 Å². The third-order valence-electron chi connectivity index (χ3n) is 3.68. The highest BCUT2D eigenvalue weighted by Gasteiger charge is 2.19. The normalized spacial score (nSPS) is 17.5. The van der Waals surface area contributed by atoms with Crippen molar-refractivity contribution in [1.29, 1.82) is 0 Å². The lowest BCUT2D eigenvalue weighted by Crippen LogP contribution is -2.36. The van der Waals surface area contributed by atoms with Crippen LogP contribution in [0.3, 0.4) is 0 Å². The molecule has 3 N–H and O–H groups in total. The summed E-state index contributed by atoms with van der Waals surface area (Å²) in [7, 11) is -3.18. The van der Waals surface area contributed by atoms with Crippen molar-refractivity contribution in [2.45, 2.75) is 49.5 Å². The molecule has 1 fully saturated rings. The van der Waals surface area contributed by atoms with Crippen molar-refractivity contribution in [2.75, 3.05) is 17.2 Å². The number of thioether (sulfide) groups is 1. The van der Waals surface area contributed by atoms with Crippen molar-refractivity contribution in [2.24, 2.45) is 0 Å². The lowest BCUT2D eigenvalue weighted by atomic mass is 10.1. The molecule has 6 heteroatoms. The van der Waals surface area contributed by atoms with Gasteiger partial charge in [-0.25, -0.2) is 13.1 Å². The molecular formula is C15H24N2O2S2. The van der Waals surface area contributed by atoms with Gasteiger partial charge in [0, 0.05) is 22.4 Å². The van der Waals surface area contributed by atoms with E-state index in [0.717, 1.165) is 30.6 Å². The molecule has 0 saturated heterocycles. The third kappa shape index (κ3) is 6.28. The van der Waals surface area contributed by atoms with Crippen molar-refractivity contribution in [1.82, 2.24) is 4.72 Å². The Hall–Kier alpha value is -0.720. The molecule has 0 aliphatic heterocycles. The van der Waals surface area contributed by atoms with Crippen LogP contribution >= 0.6 is 11.8 Å². The topological polar surface area (TPSA) is 72.2 Å². The molecular weight excluding hydrogens is 304 g/mol. The molecule has 21 heavy (non-hydrogen) atoms. The first-order chi connectivity index (χ1) is 10.1. The summed E-state index contributed by atoms with van der Waals surface area (Å²) in [5.74, 6) is 0.703. The number of anilines is 1. The number of nitrogens with two attached hydrogens (primary N) is 1. The number of hydrogen-bond acceptors (Lipinski definition) is 4. The molecule has 2 rings (SSSR count). The lowest BCUT2D eigenvalue weighted by Gasteiger charge is -2.16. The van der Waals surface area contributed by atoms with Crippen LogP contribution in [0.5, 0.6) is 0 Å². The van der Waals surface area contributed by atoms with Gasteiger partial charge in [0.15, 0.2) is 0 Å². The summed E-state index contributed by atoms with van der Waals surface area (Å²) >= 11 is 1.53. The summed E-state index contributed by atoms with van der Waals surface area (Å²) in [6.45, 7) is 0. The molecule has 1 aromatic rings. The van der Waals surface area contributed by atoms with Crippen LogP contribution in [0.2, 0.25) is 0 Å². The van der Waals surface area contributed by atoms with E-state index in [1.807, 2.05) is 24.3 Å².